The fraction of sp³-hybridized carbons (Fsp3) is 0.174. The van der Waals surface area contributed by atoms with Crippen molar-refractivity contribution in [1.29, 1.82) is 0 Å². The van der Waals surface area contributed by atoms with E-state index >= 15 is 0 Å². The van der Waals surface area contributed by atoms with Gasteiger partial charge in [-0.2, -0.15) is 4.31 Å². The molecule has 176 valence electrons. The van der Waals surface area contributed by atoms with E-state index in [4.69, 9.17) is 23.2 Å². The van der Waals surface area contributed by atoms with Crippen LogP contribution in [-0.4, -0.2) is 43.1 Å². The topological polar surface area (TPSA) is 89.9 Å². The Kier molecular flexibility index (Phi) is 6.16. The van der Waals surface area contributed by atoms with Gasteiger partial charge in [0.2, 0.25) is 10.0 Å². The molecule has 0 aliphatic carbocycles. The maximum absolute atomic E-state index is 13.4. The van der Waals surface area contributed by atoms with E-state index in [9.17, 15) is 18.3 Å². The van der Waals surface area contributed by atoms with E-state index in [1.165, 1.54) is 12.1 Å². The Bertz CT molecular complexity index is 1360. The van der Waals surface area contributed by atoms with Crippen molar-refractivity contribution < 1.29 is 18.3 Å². The number of anilines is 3. The molecule has 3 aromatic carbocycles. The van der Waals surface area contributed by atoms with Gasteiger partial charge in [-0.1, -0.05) is 59.2 Å². The molecule has 2 heterocycles. The third kappa shape index (κ3) is 4.01. The fourth-order valence-electron chi connectivity index (χ4n) is 4.25. The predicted molar refractivity (Wildman–Crippen MR) is 134 cm³/mol. The van der Waals surface area contributed by atoms with Crippen molar-refractivity contribution in [3.8, 4) is 0 Å². The van der Waals surface area contributed by atoms with Crippen LogP contribution in [0.5, 0.6) is 0 Å². The van der Waals surface area contributed by atoms with Crippen LogP contribution in [0.4, 0.5) is 17.1 Å². The van der Waals surface area contributed by atoms with Crippen LogP contribution >= 0.6 is 35.0 Å². The average Bonchev–Trinajstić information content (AvgIpc) is 2.78. The lowest BCUT2D eigenvalue weighted by Crippen LogP contribution is -2.53. The lowest BCUT2D eigenvalue weighted by molar-refractivity contribution is -0.140. The molecule has 0 amide bonds. The van der Waals surface area contributed by atoms with Crippen LogP contribution in [0.1, 0.15) is 6.42 Å². The Balaban J connectivity index is 1.44. The van der Waals surface area contributed by atoms with Gasteiger partial charge in [-0.3, -0.25) is 0 Å². The molecular weight excluding hydrogens is 517 g/mol. The van der Waals surface area contributed by atoms with E-state index in [0.29, 0.717) is 13.0 Å². The molecule has 1 atom stereocenters. The van der Waals surface area contributed by atoms with Gasteiger partial charge in [0.15, 0.2) is 6.17 Å². The molecule has 0 fully saturated rings. The number of halogens is 2. The number of carboxylic acid groups (broad SMARTS) is 1. The first kappa shape index (κ1) is 23.3. The first-order valence-electron chi connectivity index (χ1n) is 10.4. The van der Waals surface area contributed by atoms with E-state index in [-0.39, 0.29) is 27.2 Å². The summed E-state index contributed by atoms with van der Waals surface area (Å²) >= 11 is 13.9. The summed E-state index contributed by atoms with van der Waals surface area (Å²) < 4.78 is 27.8. The Morgan fingerprint density at radius 1 is 1.00 bits per heavy atom. The molecule has 11 heteroatoms. The summed E-state index contributed by atoms with van der Waals surface area (Å²) in [5.41, 5.74) is 2.14. The molecule has 5 rings (SSSR count). The zero-order valence-electron chi connectivity index (χ0n) is 17.6. The van der Waals surface area contributed by atoms with E-state index in [1.807, 2.05) is 48.5 Å². The smallest absolute Gasteiger partial charge is 0.342 e. The van der Waals surface area contributed by atoms with E-state index < -0.39 is 22.2 Å². The number of nitrogens with zero attached hydrogens (tertiary/aromatic N) is 2. The zero-order chi connectivity index (χ0) is 24.0. The average molecular weight is 536 g/mol. The van der Waals surface area contributed by atoms with Crippen molar-refractivity contribution in [1.82, 2.24) is 4.31 Å². The van der Waals surface area contributed by atoms with Crippen molar-refractivity contribution in [2.24, 2.45) is 0 Å². The molecule has 2 aliphatic rings. The Labute approximate surface area is 211 Å². The highest BCUT2D eigenvalue weighted by Gasteiger charge is 2.43. The van der Waals surface area contributed by atoms with Crippen LogP contribution in [0.15, 0.2) is 75.4 Å². The highest BCUT2D eigenvalue weighted by atomic mass is 35.5. The highest BCUT2D eigenvalue weighted by Crippen LogP contribution is 2.48. The fourth-order valence-corrected chi connectivity index (χ4v) is 7.85. The van der Waals surface area contributed by atoms with Crippen molar-refractivity contribution in [2.45, 2.75) is 27.3 Å². The molecule has 0 saturated heterocycles. The second-order valence-corrected chi connectivity index (χ2v) is 11.6. The molecule has 0 radical (unpaired) electrons. The first-order chi connectivity index (χ1) is 16.3. The number of hydrogen-bond donors (Lipinski definition) is 2. The monoisotopic (exact) mass is 535 g/mol. The third-order valence-corrected chi connectivity index (χ3v) is 9.41. The van der Waals surface area contributed by atoms with E-state index in [2.05, 4.69) is 10.2 Å². The summed E-state index contributed by atoms with van der Waals surface area (Å²) in [6, 6.07) is 18.7. The van der Waals surface area contributed by atoms with Crippen LogP contribution in [0.25, 0.3) is 0 Å². The van der Waals surface area contributed by atoms with Crippen LogP contribution < -0.4 is 10.2 Å². The minimum absolute atomic E-state index is 0.0152. The lowest BCUT2D eigenvalue weighted by Gasteiger charge is -2.36. The van der Waals surface area contributed by atoms with Crippen LogP contribution in [0.3, 0.4) is 0 Å². The normalized spacial score (nSPS) is 18.4. The minimum atomic E-state index is -4.17. The van der Waals surface area contributed by atoms with E-state index in [0.717, 1.165) is 25.5 Å². The first-order valence-corrected chi connectivity index (χ1v) is 13.4. The van der Waals surface area contributed by atoms with Gasteiger partial charge in [-0.25, -0.2) is 13.2 Å². The second-order valence-electron chi connectivity index (χ2n) is 7.81. The minimum Gasteiger partial charge on any atom is -0.479 e. The Morgan fingerprint density at radius 2 is 1.62 bits per heavy atom. The molecular formula is C23H19Cl2N3O4S2. The highest BCUT2D eigenvalue weighted by molar-refractivity contribution is 7.99. The van der Waals surface area contributed by atoms with Gasteiger partial charge in [-0.15, -0.1) is 0 Å². The van der Waals surface area contributed by atoms with Gasteiger partial charge in [0.1, 0.15) is 4.90 Å². The maximum atomic E-state index is 13.4. The Hall–Kier alpha value is -2.43. The summed E-state index contributed by atoms with van der Waals surface area (Å²) in [5, 5.41) is 12.7. The number of carboxylic acids is 1. The largest absolute Gasteiger partial charge is 0.479 e. The second kappa shape index (κ2) is 8.98. The van der Waals surface area contributed by atoms with Gasteiger partial charge >= 0.3 is 5.97 Å². The molecule has 0 aromatic heterocycles. The van der Waals surface area contributed by atoms with Crippen molar-refractivity contribution >= 4 is 68.0 Å². The molecule has 7 nitrogen and oxygen atoms in total. The zero-order valence-corrected chi connectivity index (χ0v) is 20.8. The van der Waals surface area contributed by atoms with Crippen molar-refractivity contribution in [3.63, 3.8) is 0 Å². The number of aliphatic carboxylic acids is 1. The molecule has 34 heavy (non-hydrogen) atoms. The standard InChI is InChI=1S/C23H19Cl2N3O4S2/c24-14-12-15(25)21-16(13-14)26-22(23(29)30)28(34(21,31)32)11-5-10-27-17-6-1-3-8-19(17)33-20-9-4-2-7-18(20)27/h1-4,6-9,12-13,22,26H,5,10-11H2,(H,29,30). The third-order valence-electron chi connectivity index (χ3n) is 5.68. The number of hydrogen-bond acceptors (Lipinski definition) is 6. The molecule has 0 bridgehead atoms. The molecule has 3 aromatic rings. The molecule has 0 saturated carbocycles. The molecule has 2 aliphatic heterocycles. The summed E-state index contributed by atoms with van der Waals surface area (Å²) in [6.07, 6.45) is -1.08. The van der Waals surface area contributed by atoms with Gasteiger partial charge in [-0.05, 0) is 42.8 Å². The van der Waals surface area contributed by atoms with Gasteiger partial charge in [0, 0.05) is 27.9 Å². The van der Waals surface area contributed by atoms with Gasteiger partial charge in [0.25, 0.3) is 0 Å². The molecule has 2 N–H and O–H groups in total. The number of benzene rings is 3. The number of rotatable bonds is 5. The summed E-state index contributed by atoms with van der Waals surface area (Å²) in [6.45, 7) is 0.479. The summed E-state index contributed by atoms with van der Waals surface area (Å²) in [7, 11) is -4.17. The lowest BCUT2D eigenvalue weighted by atomic mass is 10.2. The maximum Gasteiger partial charge on any atom is 0.342 e. The van der Waals surface area contributed by atoms with Gasteiger partial charge < -0.3 is 15.3 Å². The van der Waals surface area contributed by atoms with Crippen molar-refractivity contribution in [2.75, 3.05) is 23.3 Å². The number of carbonyl (C=O) groups is 1. The summed E-state index contributed by atoms with van der Waals surface area (Å²) in [4.78, 5) is 16.2. The number of sulfonamides is 1. The van der Waals surface area contributed by atoms with Crippen molar-refractivity contribution in [3.05, 3.63) is 70.7 Å². The van der Waals surface area contributed by atoms with Crippen LogP contribution in [0, 0.1) is 0 Å². The van der Waals surface area contributed by atoms with E-state index in [1.54, 1.807) is 11.8 Å². The number of fused-ring (bicyclic) bond motifs is 3. The van der Waals surface area contributed by atoms with Crippen LogP contribution in [0.2, 0.25) is 10.0 Å². The Morgan fingerprint density at radius 3 is 2.24 bits per heavy atom. The quantitative estimate of drug-likeness (QED) is 0.444. The molecule has 0 spiro atoms. The molecule has 1 unspecified atom stereocenters. The predicted octanol–water partition coefficient (Wildman–Crippen LogP) is 5.51. The van der Waals surface area contributed by atoms with Crippen LogP contribution in [-0.2, 0) is 14.8 Å². The SMILES string of the molecule is O=C(O)C1Nc2cc(Cl)cc(Cl)c2S(=O)(=O)N1CCCN1c2ccccc2Sc2ccccc21. The van der Waals surface area contributed by atoms with Gasteiger partial charge in [0.05, 0.1) is 22.1 Å². The number of nitrogens with one attached hydrogen (secondary N) is 1. The number of para-hydroxylation sites is 2. The summed E-state index contributed by atoms with van der Waals surface area (Å²) in [5.74, 6) is -1.31.